The molecular formula is C19H19NO3. The van der Waals surface area contributed by atoms with Gasteiger partial charge in [-0.15, -0.1) is 0 Å². The standard InChI is InChI=1S/C19H19NO3/c1-3-12-7-6-9-13-15(11-17(21)22)19(20-18(12)13)14-8-4-5-10-16(14)23-2/h4-10,20H,3,11H2,1-2H3,(H,21,22). The quantitative estimate of drug-likeness (QED) is 0.748. The number of fused-ring (bicyclic) bond motifs is 1. The average Bonchev–Trinajstić information content (AvgIpc) is 2.92. The largest absolute Gasteiger partial charge is 0.496 e. The van der Waals surface area contributed by atoms with Crippen molar-refractivity contribution < 1.29 is 14.6 Å². The summed E-state index contributed by atoms with van der Waals surface area (Å²) in [5.74, 6) is -0.118. The van der Waals surface area contributed by atoms with Crippen LogP contribution in [0.3, 0.4) is 0 Å². The highest BCUT2D eigenvalue weighted by molar-refractivity contribution is 5.96. The van der Waals surface area contributed by atoms with Gasteiger partial charge in [-0.25, -0.2) is 0 Å². The third-order valence-electron chi connectivity index (χ3n) is 4.11. The van der Waals surface area contributed by atoms with E-state index in [4.69, 9.17) is 4.74 Å². The Hall–Kier alpha value is -2.75. The van der Waals surface area contributed by atoms with E-state index in [1.807, 2.05) is 36.4 Å². The predicted molar refractivity (Wildman–Crippen MR) is 91.0 cm³/mol. The number of carboxylic acid groups (broad SMARTS) is 1. The summed E-state index contributed by atoms with van der Waals surface area (Å²) in [6.45, 7) is 2.09. The summed E-state index contributed by atoms with van der Waals surface area (Å²) >= 11 is 0. The fourth-order valence-electron chi connectivity index (χ4n) is 3.04. The molecule has 23 heavy (non-hydrogen) atoms. The lowest BCUT2D eigenvalue weighted by Gasteiger charge is -2.08. The number of hydrogen-bond donors (Lipinski definition) is 2. The molecule has 0 radical (unpaired) electrons. The highest BCUT2D eigenvalue weighted by Gasteiger charge is 2.19. The molecule has 0 spiro atoms. The molecule has 0 atom stereocenters. The third-order valence-corrected chi connectivity index (χ3v) is 4.11. The van der Waals surface area contributed by atoms with Crippen molar-refractivity contribution >= 4 is 16.9 Å². The zero-order chi connectivity index (χ0) is 16.4. The maximum Gasteiger partial charge on any atom is 0.307 e. The van der Waals surface area contributed by atoms with Crippen molar-refractivity contribution in [3.8, 4) is 17.0 Å². The van der Waals surface area contributed by atoms with Gasteiger partial charge in [0.1, 0.15) is 5.75 Å². The van der Waals surface area contributed by atoms with Crippen molar-refractivity contribution in [2.75, 3.05) is 7.11 Å². The normalized spacial score (nSPS) is 10.9. The van der Waals surface area contributed by atoms with Gasteiger partial charge in [0.25, 0.3) is 0 Å². The van der Waals surface area contributed by atoms with Gasteiger partial charge in [-0.05, 0) is 29.7 Å². The Labute approximate surface area is 134 Å². The molecule has 1 heterocycles. The maximum atomic E-state index is 11.4. The van der Waals surface area contributed by atoms with Crippen LogP contribution in [0.1, 0.15) is 18.1 Å². The monoisotopic (exact) mass is 309 g/mol. The molecule has 2 N–H and O–H groups in total. The lowest BCUT2D eigenvalue weighted by molar-refractivity contribution is -0.136. The van der Waals surface area contributed by atoms with Crippen molar-refractivity contribution in [2.24, 2.45) is 0 Å². The van der Waals surface area contributed by atoms with Crippen LogP contribution in [0.5, 0.6) is 5.75 Å². The summed E-state index contributed by atoms with van der Waals surface area (Å²) in [4.78, 5) is 14.8. The number of para-hydroxylation sites is 2. The molecule has 3 aromatic rings. The number of aliphatic carboxylic acids is 1. The van der Waals surface area contributed by atoms with Gasteiger partial charge < -0.3 is 14.8 Å². The second kappa shape index (κ2) is 6.16. The third kappa shape index (κ3) is 2.68. The minimum absolute atomic E-state index is 0.0272. The van der Waals surface area contributed by atoms with Crippen molar-refractivity contribution in [3.63, 3.8) is 0 Å². The molecule has 0 aliphatic rings. The molecule has 0 bridgehead atoms. The van der Waals surface area contributed by atoms with Crippen molar-refractivity contribution in [3.05, 3.63) is 53.6 Å². The van der Waals surface area contributed by atoms with Gasteiger partial charge >= 0.3 is 5.97 Å². The smallest absolute Gasteiger partial charge is 0.307 e. The summed E-state index contributed by atoms with van der Waals surface area (Å²) in [6, 6.07) is 13.7. The Kier molecular flexibility index (Phi) is 4.06. The Bertz CT molecular complexity index is 864. The van der Waals surface area contributed by atoms with Crippen LogP contribution in [0.15, 0.2) is 42.5 Å². The van der Waals surface area contributed by atoms with Gasteiger partial charge in [-0.3, -0.25) is 4.79 Å². The highest BCUT2D eigenvalue weighted by atomic mass is 16.5. The summed E-state index contributed by atoms with van der Waals surface area (Å²) in [5, 5.41) is 10.3. The fraction of sp³-hybridized carbons (Fsp3) is 0.211. The number of carbonyl (C=O) groups is 1. The molecule has 1 aromatic heterocycles. The zero-order valence-corrected chi connectivity index (χ0v) is 13.2. The van der Waals surface area contributed by atoms with Gasteiger partial charge in [0.15, 0.2) is 0 Å². The topological polar surface area (TPSA) is 62.3 Å². The Morgan fingerprint density at radius 3 is 2.65 bits per heavy atom. The molecule has 118 valence electrons. The lowest BCUT2D eigenvalue weighted by atomic mass is 10.0. The molecule has 0 saturated heterocycles. The van der Waals surface area contributed by atoms with Crippen LogP contribution in [-0.4, -0.2) is 23.2 Å². The Morgan fingerprint density at radius 2 is 1.96 bits per heavy atom. The van der Waals surface area contributed by atoms with E-state index in [9.17, 15) is 9.90 Å². The van der Waals surface area contributed by atoms with Crippen LogP contribution >= 0.6 is 0 Å². The number of aromatic nitrogens is 1. The second-order valence-corrected chi connectivity index (χ2v) is 5.44. The van der Waals surface area contributed by atoms with E-state index in [2.05, 4.69) is 18.0 Å². The molecule has 4 heteroatoms. The number of H-pyrrole nitrogens is 1. The van der Waals surface area contributed by atoms with E-state index in [0.29, 0.717) is 0 Å². The molecule has 4 nitrogen and oxygen atoms in total. The number of carboxylic acids is 1. The van der Waals surface area contributed by atoms with E-state index >= 15 is 0 Å². The summed E-state index contributed by atoms with van der Waals surface area (Å²) in [7, 11) is 1.62. The number of nitrogens with one attached hydrogen (secondary N) is 1. The Balaban J connectivity index is 2.32. The van der Waals surface area contributed by atoms with Crippen LogP contribution in [0.2, 0.25) is 0 Å². The van der Waals surface area contributed by atoms with E-state index in [1.54, 1.807) is 7.11 Å². The SMILES string of the molecule is CCc1cccc2c(CC(=O)O)c(-c3ccccc3OC)[nH]c12. The second-order valence-electron chi connectivity index (χ2n) is 5.44. The minimum atomic E-state index is -0.844. The van der Waals surface area contributed by atoms with Gasteiger partial charge in [0.2, 0.25) is 0 Å². The molecule has 0 fully saturated rings. The predicted octanol–water partition coefficient (Wildman–Crippen LogP) is 4.03. The van der Waals surface area contributed by atoms with Gasteiger partial charge in [-0.2, -0.15) is 0 Å². The Morgan fingerprint density at radius 1 is 1.17 bits per heavy atom. The molecule has 0 saturated carbocycles. The first-order valence-electron chi connectivity index (χ1n) is 7.63. The average molecular weight is 309 g/mol. The number of ether oxygens (including phenoxy) is 1. The number of methoxy groups -OCH3 is 1. The summed E-state index contributed by atoms with van der Waals surface area (Å²) < 4.78 is 5.44. The van der Waals surface area contributed by atoms with Crippen LogP contribution in [0, 0.1) is 0 Å². The molecule has 3 rings (SSSR count). The highest BCUT2D eigenvalue weighted by Crippen LogP contribution is 2.36. The molecule has 0 unspecified atom stereocenters. The fourth-order valence-corrected chi connectivity index (χ4v) is 3.04. The van der Waals surface area contributed by atoms with Crippen molar-refractivity contribution in [1.29, 1.82) is 0 Å². The van der Waals surface area contributed by atoms with E-state index in [-0.39, 0.29) is 6.42 Å². The first-order chi connectivity index (χ1) is 11.2. The van der Waals surface area contributed by atoms with Crippen molar-refractivity contribution in [1.82, 2.24) is 4.98 Å². The first-order valence-corrected chi connectivity index (χ1v) is 7.63. The molecule has 0 amide bonds. The molecule has 0 aliphatic heterocycles. The number of aromatic amines is 1. The van der Waals surface area contributed by atoms with Gasteiger partial charge in [0, 0.05) is 16.5 Å². The number of hydrogen-bond acceptors (Lipinski definition) is 2. The molecule has 2 aromatic carbocycles. The molecule has 0 aliphatic carbocycles. The number of aryl methyl sites for hydroxylation is 1. The number of rotatable bonds is 5. The summed E-state index contributed by atoms with van der Waals surface area (Å²) in [6.07, 6.45) is 0.857. The molecular weight excluding hydrogens is 290 g/mol. The van der Waals surface area contributed by atoms with Crippen LogP contribution < -0.4 is 4.74 Å². The lowest BCUT2D eigenvalue weighted by Crippen LogP contribution is -2.01. The first kappa shape index (κ1) is 15.2. The van der Waals surface area contributed by atoms with Crippen LogP contribution in [0.4, 0.5) is 0 Å². The number of benzene rings is 2. The van der Waals surface area contributed by atoms with Gasteiger partial charge in [0.05, 0.1) is 19.2 Å². The summed E-state index contributed by atoms with van der Waals surface area (Å²) in [5.41, 5.74) is 4.68. The maximum absolute atomic E-state index is 11.4. The van der Waals surface area contributed by atoms with E-state index < -0.39 is 5.97 Å². The van der Waals surface area contributed by atoms with Gasteiger partial charge in [-0.1, -0.05) is 37.3 Å². The minimum Gasteiger partial charge on any atom is -0.496 e. The van der Waals surface area contributed by atoms with Crippen LogP contribution in [-0.2, 0) is 17.6 Å². The van der Waals surface area contributed by atoms with Crippen molar-refractivity contribution in [2.45, 2.75) is 19.8 Å². The van der Waals surface area contributed by atoms with E-state index in [1.165, 1.54) is 5.56 Å². The van der Waals surface area contributed by atoms with Crippen LogP contribution in [0.25, 0.3) is 22.2 Å². The van der Waals surface area contributed by atoms with E-state index in [0.717, 1.165) is 39.9 Å². The zero-order valence-electron chi connectivity index (χ0n) is 13.2.